The molecule has 0 N–H and O–H groups in total. The van der Waals surface area contributed by atoms with Gasteiger partial charge in [-0.3, -0.25) is 9.13 Å². The number of halogens is 1. The first-order valence-corrected chi connectivity index (χ1v) is 27.7. The van der Waals surface area contributed by atoms with Crippen molar-refractivity contribution in [2.45, 2.75) is 85.7 Å². The molecule has 0 spiro atoms. The molecule has 2 aromatic heterocycles. The molecule has 0 saturated heterocycles. The number of fused-ring (bicyclic) bond motifs is 3. The molecule has 0 unspecified atom stereocenters. The van der Waals surface area contributed by atoms with Gasteiger partial charge in [0.2, 0.25) is 0 Å². The maximum absolute atomic E-state index is 15.3. The number of hydrogen-bond acceptors (Lipinski definition) is 3. The third-order valence-electron chi connectivity index (χ3n) is 15.4. The molecule has 0 radical (unpaired) electrons. The number of aromatic nitrogens is 4. The van der Waals surface area contributed by atoms with Crippen LogP contribution in [0.3, 0.4) is 0 Å². The van der Waals surface area contributed by atoms with Crippen LogP contribution in [0.1, 0.15) is 110 Å². The second kappa shape index (κ2) is 21.2. The van der Waals surface area contributed by atoms with Crippen molar-refractivity contribution in [2.24, 2.45) is 0 Å². The molecule has 10 aromatic carbocycles. The van der Waals surface area contributed by atoms with Crippen molar-refractivity contribution < 1.29 is 11.9 Å². The highest BCUT2D eigenvalue weighted by Gasteiger charge is 2.27. The van der Waals surface area contributed by atoms with Crippen molar-refractivity contribution in [2.75, 3.05) is 0 Å². The van der Waals surface area contributed by atoms with Gasteiger partial charge in [0.25, 0.3) is 0 Å². The Morgan fingerprint density at radius 3 is 1.48 bits per heavy atom. The maximum Gasteiger partial charge on any atom is 0.146 e. The summed E-state index contributed by atoms with van der Waals surface area (Å²) >= 11 is 0. The third-order valence-corrected chi connectivity index (χ3v) is 15.4. The standard InChI is InChI=1S/C73H65FN4O/c1-45(2)61-39-56(51-22-13-10-14-23-51)40-62(46(3)4)70(61)77-68-29-18-17-28-66(68)75-72(77)55-25-19-26-58(38-55)79-59-37-54-24-15-16-27-60(54)65(43-59)73-76-67-36-49(44-74)30-35-69(67)78(73)71-63(47(5)6)41-57(42-64(71)48(7)8)53-33-31-52(32-34-53)50-20-11-9-12-21-50/h9-43,45-48H,44H2,1-8H3/i44D2. The van der Waals surface area contributed by atoms with E-state index in [2.05, 4.69) is 222 Å². The molecule has 0 aliphatic carbocycles. The van der Waals surface area contributed by atoms with E-state index in [9.17, 15) is 0 Å². The highest BCUT2D eigenvalue weighted by atomic mass is 19.1. The Morgan fingerprint density at radius 1 is 0.405 bits per heavy atom. The lowest BCUT2D eigenvalue weighted by atomic mass is 9.87. The number of imidazole rings is 2. The van der Waals surface area contributed by atoms with Gasteiger partial charge in [0.05, 0.1) is 36.2 Å². The van der Waals surface area contributed by atoms with E-state index in [0.717, 1.165) is 83.5 Å². The number of para-hydroxylation sites is 2. The Labute approximate surface area is 466 Å². The average molecular weight is 1040 g/mol. The molecule has 0 saturated carbocycles. The fraction of sp³-hybridized carbons (Fsp3) is 0.178. The van der Waals surface area contributed by atoms with Gasteiger partial charge in [0.15, 0.2) is 0 Å². The highest BCUT2D eigenvalue weighted by Crippen LogP contribution is 2.45. The Hall–Kier alpha value is -8.87. The van der Waals surface area contributed by atoms with E-state index in [1.165, 1.54) is 27.8 Å². The van der Waals surface area contributed by atoms with Gasteiger partial charge in [-0.25, -0.2) is 14.4 Å². The van der Waals surface area contributed by atoms with E-state index in [0.29, 0.717) is 22.8 Å². The zero-order valence-corrected chi connectivity index (χ0v) is 46.1. The van der Waals surface area contributed by atoms with Gasteiger partial charge in [-0.1, -0.05) is 195 Å². The third kappa shape index (κ3) is 9.60. The first-order chi connectivity index (χ1) is 39.1. The Bertz CT molecular complexity index is 4250. The van der Waals surface area contributed by atoms with Crippen LogP contribution in [-0.4, -0.2) is 19.1 Å². The van der Waals surface area contributed by atoms with Gasteiger partial charge >= 0.3 is 0 Å². The minimum atomic E-state index is -3.07. The summed E-state index contributed by atoms with van der Waals surface area (Å²) in [7, 11) is 0. The fourth-order valence-corrected chi connectivity index (χ4v) is 11.4. The topological polar surface area (TPSA) is 44.9 Å². The molecule has 0 amide bonds. The smallest absolute Gasteiger partial charge is 0.146 e. The minimum Gasteiger partial charge on any atom is -0.457 e. The number of ether oxygens (including phenoxy) is 1. The molecule has 5 nitrogen and oxygen atoms in total. The lowest BCUT2D eigenvalue weighted by Crippen LogP contribution is -2.09. The highest BCUT2D eigenvalue weighted by molar-refractivity contribution is 5.99. The van der Waals surface area contributed by atoms with E-state index in [1.807, 2.05) is 42.5 Å². The summed E-state index contributed by atoms with van der Waals surface area (Å²) in [6.45, 7) is 14.9. The molecule has 0 aliphatic rings. The predicted molar refractivity (Wildman–Crippen MR) is 328 cm³/mol. The van der Waals surface area contributed by atoms with E-state index in [4.69, 9.17) is 17.4 Å². The zero-order chi connectivity index (χ0) is 56.3. The first kappa shape index (κ1) is 48.5. The average Bonchev–Trinajstić information content (AvgIpc) is 4.30. The lowest BCUT2D eigenvalue weighted by Gasteiger charge is -2.25. The second-order valence-electron chi connectivity index (χ2n) is 22.1. The number of rotatable bonds is 14. The summed E-state index contributed by atoms with van der Waals surface area (Å²) in [6, 6.07) is 73.1. The summed E-state index contributed by atoms with van der Waals surface area (Å²) in [6.07, 6.45) is 0. The van der Waals surface area contributed by atoms with Gasteiger partial charge in [0, 0.05) is 11.1 Å². The van der Waals surface area contributed by atoms with Crippen LogP contribution < -0.4 is 4.74 Å². The quantitative estimate of drug-likeness (QED) is 0.109. The molecule has 0 aliphatic heterocycles. The Balaban J connectivity index is 1.02. The van der Waals surface area contributed by atoms with E-state index in [-0.39, 0.29) is 29.2 Å². The Morgan fingerprint density at radius 2 is 0.886 bits per heavy atom. The molecule has 0 atom stereocenters. The van der Waals surface area contributed by atoms with Crippen LogP contribution in [0.4, 0.5) is 4.39 Å². The van der Waals surface area contributed by atoms with Gasteiger partial charge in [-0.15, -0.1) is 0 Å². The van der Waals surface area contributed by atoms with E-state index >= 15 is 4.39 Å². The molecule has 6 heteroatoms. The molecule has 12 rings (SSSR count). The van der Waals surface area contributed by atoms with Gasteiger partial charge in [0.1, 0.15) is 29.8 Å². The van der Waals surface area contributed by atoms with Crippen LogP contribution in [0.25, 0.3) is 100 Å². The molecule has 2 heterocycles. The first-order valence-electron chi connectivity index (χ1n) is 28.7. The van der Waals surface area contributed by atoms with Crippen LogP contribution in [0, 0.1) is 0 Å². The van der Waals surface area contributed by atoms with Crippen LogP contribution in [0.2, 0.25) is 0 Å². The van der Waals surface area contributed by atoms with Crippen LogP contribution >= 0.6 is 0 Å². The largest absolute Gasteiger partial charge is 0.457 e. The van der Waals surface area contributed by atoms with E-state index in [1.54, 1.807) is 12.1 Å². The lowest BCUT2D eigenvalue weighted by molar-refractivity contribution is 0.484. The van der Waals surface area contributed by atoms with Crippen molar-refractivity contribution >= 4 is 32.8 Å². The van der Waals surface area contributed by atoms with Crippen molar-refractivity contribution in [3.05, 3.63) is 240 Å². The molecular weight excluding hydrogens is 968 g/mol. The van der Waals surface area contributed by atoms with Crippen LogP contribution in [-0.2, 0) is 6.63 Å². The molecule has 0 bridgehead atoms. The maximum atomic E-state index is 15.3. The van der Waals surface area contributed by atoms with Gasteiger partial charge < -0.3 is 4.74 Å². The number of alkyl halides is 1. The zero-order valence-electron chi connectivity index (χ0n) is 48.1. The minimum absolute atomic E-state index is 0.0834. The van der Waals surface area contributed by atoms with Gasteiger partial charge in [-0.2, -0.15) is 0 Å². The predicted octanol–water partition coefficient (Wildman–Crippen LogP) is 20.6. The van der Waals surface area contributed by atoms with Crippen molar-refractivity contribution in [1.29, 1.82) is 0 Å². The van der Waals surface area contributed by atoms with Crippen molar-refractivity contribution in [3.8, 4) is 79.0 Å². The molecule has 12 aromatic rings. The number of nitrogens with zero attached hydrogens (tertiary/aromatic N) is 4. The van der Waals surface area contributed by atoms with Gasteiger partial charge in [-0.05, 0) is 168 Å². The van der Waals surface area contributed by atoms with Crippen LogP contribution in [0.5, 0.6) is 11.5 Å². The molecule has 390 valence electrons. The normalized spacial score (nSPS) is 12.4. The molecule has 79 heavy (non-hydrogen) atoms. The molecular formula is C73H65FN4O. The van der Waals surface area contributed by atoms with Crippen molar-refractivity contribution in [1.82, 2.24) is 19.1 Å². The SMILES string of the molecule is [2H]C([2H])(F)c1ccc2c(c1)nc(-c1cc(Oc3cccc(-c4nc5ccccc5n4-c4c(C(C)C)cc(-c5ccccc5)cc4C(C)C)c3)cc3ccccc13)n2-c1c(C(C)C)cc(-c2ccc(-c3ccccc3)cc2)cc1C(C)C. The second-order valence-corrected chi connectivity index (χ2v) is 22.1. The van der Waals surface area contributed by atoms with Crippen LogP contribution in [0.15, 0.2) is 212 Å². The summed E-state index contributed by atoms with van der Waals surface area (Å²) in [5.41, 5.74) is 18.6. The summed E-state index contributed by atoms with van der Waals surface area (Å²) < 4.78 is 43.2. The Kier molecular flexibility index (Phi) is 13.0. The van der Waals surface area contributed by atoms with Crippen molar-refractivity contribution in [3.63, 3.8) is 0 Å². The summed E-state index contributed by atoms with van der Waals surface area (Å²) in [5.74, 6) is 3.30. The summed E-state index contributed by atoms with van der Waals surface area (Å²) in [5, 5.41) is 1.91. The monoisotopic (exact) mass is 1030 g/mol. The summed E-state index contributed by atoms with van der Waals surface area (Å²) in [4.78, 5) is 10.8. The number of hydrogen-bond donors (Lipinski definition) is 0. The molecule has 0 fully saturated rings. The number of benzene rings is 10. The van der Waals surface area contributed by atoms with E-state index < -0.39 is 6.63 Å². The fourth-order valence-electron chi connectivity index (χ4n) is 11.4.